The molecule has 0 bridgehead atoms. The first kappa shape index (κ1) is 13.8. The summed E-state index contributed by atoms with van der Waals surface area (Å²) in [5, 5.41) is 33.7. The minimum absolute atomic E-state index is 0.127. The molecule has 0 fully saturated rings. The lowest BCUT2D eigenvalue weighted by molar-refractivity contribution is -0.130. The Labute approximate surface area is 92.3 Å². The number of carbonyl (C=O) groups is 1. The minimum Gasteiger partial charge on any atom is -0.516 e. The van der Waals surface area contributed by atoms with Crippen LogP contribution >= 0.6 is 0 Å². The number of rotatable bonds is 2. The van der Waals surface area contributed by atoms with Gasteiger partial charge >= 0.3 is 5.97 Å². The van der Waals surface area contributed by atoms with Crippen LogP contribution in [0.15, 0.2) is 24.0 Å². The first-order chi connectivity index (χ1) is 7.56. The van der Waals surface area contributed by atoms with E-state index in [1.165, 1.54) is 12.2 Å². The molecule has 0 aromatic heterocycles. The summed E-state index contributed by atoms with van der Waals surface area (Å²) in [5.41, 5.74) is 0.301. The molecule has 84 valence electrons. The maximum absolute atomic E-state index is 10.0. The van der Waals surface area contributed by atoms with Crippen molar-refractivity contribution in [1.29, 1.82) is 0 Å². The van der Waals surface area contributed by atoms with Gasteiger partial charge < -0.3 is 20.4 Å². The zero-order valence-electron chi connectivity index (χ0n) is 8.21. The largest absolute Gasteiger partial charge is 0.516 e. The molecule has 0 spiro atoms. The molecule has 0 saturated heterocycles. The Morgan fingerprint density at radius 2 is 2.00 bits per heavy atom. The van der Waals surface area contributed by atoms with Gasteiger partial charge in [0.2, 0.25) is 6.29 Å². The fourth-order valence-corrected chi connectivity index (χ4v) is 0.677. The van der Waals surface area contributed by atoms with Gasteiger partial charge in [-0.15, -0.1) is 0 Å². The number of allylic oxidation sites excluding steroid dienone is 3. The van der Waals surface area contributed by atoms with Crippen molar-refractivity contribution in [2.45, 2.75) is 12.7 Å². The Morgan fingerprint density at radius 1 is 1.31 bits per heavy atom. The predicted molar refractivity (Wildman–Crippen MR) is 55.9 cm³/mol. The van der Waals surface area contributed by atoms with Crippen LogP contribution in [0.25, 0.3) is 0 Å². The van der Waals surface area contributed by atoms with E-state index in [-0.39, 0.29) is 6.42 Å². The van der Waals surface area contributed by atoms with Crippen LogP contribution < -0.4 is 0 Å². The molecule has 0 radical (unpaired) electrons. The molecule has 5 nitrogen and oxygen atoms in total. The lowest BCUT2D eigenvalue weighted by Gasteiger charge is -1.89. The molecular weight excluding hydrogens is 212 g/mol. The average molecular weight is 222 g/mol. The zero-order chi connectivity index (χ0) is 12.4. The van der Waals surface area contributed by atoms with E-state index in [1.807, 2.05) is 11.8 Å². The van der Waals surface area contributed by atoms with Gasteiger partial charge in [-0.3, -0.25) is 0 Å². The van der Waals surface area contributed by atoms with Gasteiger partial charge in [-0.25, -0.2) is 4.79 Å². The van der Waals surface area contributed by atoms with Crippen LogP contribution in [-0.4, -0.2) is 32.7 Å². The third-order valence-electron chi connectivity index (χ3n) is 1.22. The highest BCUT2D eigenvalue weighted by Gasteiger charge is 1.88. The Morgan fingerprint density at radius 3 is 2.50 bits per heavy atom. The number of aliphatic carboxylic acids is 1. The normalized spacial score (nSPS) is 10.6. The molecule has 0 heterocycles. The SMILES string of the molecule is O=C(O)C#CC/C=C(C#CC(O)O)\C=C/O. The molecule has 0 aromatic carbocycles. The fraction of sp³-hybridized carbons (Fsp3) is 0.182. The van der Waals surface area contributed by atoms with E-state index >= 15 is 0 Å². The number of carboxylic acid groups (broad SMARTS) is 1. The summed E-state index contributed by atoms with van der Waals surface area (Å²) in [6, 6.07) is 0. The van der Waals surface area contributed by atoms with Crippen molar-refractivity contribution in [2.75, 3.05) is 0 Å². The summed E-state index contributed by atoms with van der Waals surface area (Å²) < 4.78 is 0. The zero-order valence-corrected chi connectivity index (χ0v) is 8.21. The van der Waals surface area contributed by atoms with Crippen molar-refractivity contribution >= 4 is 5.97 Å². The van der Waals surface area contributed by atoms with E-state index in [0.29, 0.717) is 5.57 Å². The maximum Gasteiger partial charge on any atom is 0.381 e. The quantitative estimate of drug-likeness (QED) is 0.224. The smallest absolute Gasteiger partial charge is 0.381 e. The Hall–Kier alpha value is -2.21. The van der Waals surface area contributed by atoms with Crippen molar-refractivity contribution in [1.82, 2.24) is 0 Å². The van der Waals surface area contributed by atoms with Gasteiger partial charge in [0.25, 0.3) is 0 Å². The average Bonchev–Trinajstić information content (AvgIpc) is 2.20. The van der Waals surface area contributed by atoms with E-state index in [1.54, 1.807) is 0 Å². The molecule has 0 rings (SSSR count). The molecule has 0 aliphatic heterocycles. The molecule has 4 N–H and O–H groups in total. The molecule has 0 aliphatic rings. The first-order valence-corrected chi connectivity index (χ1v) is 4.16. The standard InChI is InChI=1S/C11H10O5/c12-8-7-9(5-6-11(15)16)3-1-2-4-10(13)14/h3,7-8,11-12,15-16H,1H2,(H,13,14)/b8-7-,9-3-. The van der Waals surface area contributed by atoms with Gasteiger partial charge in [0, 0.05) is 17.9 Å². The number of aliphatic hydroxyl groups excluding tert-OH is 2. The second-order valence-corrected chi connectivity index (χ2v) is 2.43. The summed E-state index contributed by atoms with van der Waals surface area (Å²) in [6.07, 6.45) is 1.76. The highest BCUT2D eigenvalue weighted by molar-refractivity contribution is 5.86. The second kappa shape index (κ2) is 8.13. The molecule has 0 aliphatic carbocycles. The van der Waals surface area contributed by atoms with Gasteiger partial charge in [0.05, 0.1) is 6.26 Å². The van der Waals surface area contributed by atoms with E-state index in [2.05, 4.69) is 11.8 Å². The van der Waals surface area contributed by atoms with Gasteiger partial charge in [-0.05, 0) is 12.0 Å². The Kier molecular flexibility index (Phi) is 7.00. The third-order valence-corrected chi connectivity index (χ3v) is 1.22. The number of hydrogen-bond donors (Lipinski definition) is 4. The summed E-state index contributed by atoms with van der Waals surface area (Å²) in [7, 11) is 0. The maximum atomic E-state index is 10.0. The van der Waals surface area contributed by atoms with Crippen LogP contribution in [0.5, 0.6) is 0 Å². The molecule has 0 unspecified atom stereocenters. The number of carboxylic acids is 1. The number of hydrogen-bond acceptors (Lipinski definition) is 4. The highest BCUT2D eigenvalue weighted by atomic mass is 16.5. The fourth-order valence-electron chi connectivity index (χ4n) is 0.677. The van der Waals surface area contributed by atoms with Crippen molar-refractivity contribution in [2.24, 2.45) is 0 Å². The summed E-state index contributed by atoms with van der Waals surface area (Å²) in [6.45, 7) is 0. The monoisotopic (exact) mass is 222 g/mol. The Bertz CT molecular complexity index is 409. The lowest BCUT2D eigenvalue weighted by atomic mass is 10.2. The van der Waals surface area contributed by atoms with Crippen LogP contribution in [0, 0.1) is 23.7 Å². The minimum atomic E-state index is -1.76. The van der Waals surface area contributed by atoms with Crippen LogP contribution in [-0.2, 0) is 4.79 Å². The predicted octanol–water partition coefficient (Wildman–Crippen LogP) is -0.223. The van der Waals surface area contributed by atoms with Crippen LogP contribution in [0.4, 0.5) is 0 Å². The molecular formula is C11H10O5. The van der Waals surface area contributed by atoms with Gasteiger partial charge in [0.15, 0.2) is 0 Å². The first-order valence-electron chi connectivity index (χ1n) is 4.16. The lowest BCUT2D eigenvalue weighted by Crippen LogP contribution is -1.98. The summed E-state index contributed by atoms with van der Waals surface area (Å²) in [5.74, 6) is 7.39. The van der Waals surface area contributed by atoms with Crippen LogP contribution in [0.3, 0.4) is 0 Å². The molecule has 0 aromatic rings. The van der Waals surface area contributed by atoms with E-state index in [0.717, 1.165) is 6.26 Å². The van der Waals surface area contributed by atoms with Crippen LogP contribution in [0.2, 0.25) is 0 Å². The molecule has 0 amide bonds. The summed E-state index contributed by atoms with van der Waals surface area (Å²) >= 11 is 0. The highest BCUT2D eigenvalue weighted by Crippen LogP contribution is 1.96. The summed E-state index contributed by atoms with van der Waals surface area (Å²) in [4.78, 5) is 10.0. The van der Waals surface area contributed by atoms with Gasteiger partial charge in [-0.2, -0.15) is 0 Å². The van der Waals surface area contributed by atoms with Gasteiger partial charge in [-0.1, -0.05) is 17.9 Å². The molecule has 16 heavy (non-hydrogen) atoms. The van der Waals surface area contributed by atoms with Crippen molar-refractivity contribution in [3.05, 3.63) is 24.0 Å². The second-order valence-electron chi connectivity index (χ2n) is 2.43. The molecule has 5 heteroatoms. The number of aliphatic hydroxyl groups is 3. The van der Waals surface area contributed by atoms with E-state index < -0.39 is 12.3 Å². The van der Waals surface area contributed by atoms with E-state index in [4.69, 9.17) is 20.4 Å². The van der Waals surface area contributed by atoms with Crippen molar-refractivity contribution in [3.63, 3.8) is 0 Å². The molecule has 0 saturated carbocycles. The Balaban J connectivity index is 4.58. The van der Waals surface area contributed by atoms with Crippen molar-refractivity contribution < 1.29 is 25.2 Å². The molecule has 0 atom stereocenters. The topological polar surface area (TPSA) is 98.0 Å². The van der Waals surface area contributed by atoms with Crippen LogP contribution in [0.1, 0.15) is 6.42 Å². The van der Waals surface area contributed by atoms with Crippen molar-refractivity contribution in [3.8, 4) is 23.7 Å². The van der Waals surface area contributed by atoms with E-state index in [9.17, 15) is 4.79 Å². The van der Waals surface area contributed by atoms with Gasteiger partial charge in [0.1, 0.15) is 0 Å². The third kappa shape index (κ3) is 8.39.